The van der Waals surface area contributed by atoms with Crippen LogP contribution < -0.4 is 0 Å². The average molecular weight is 244 g/mol. The van der Waals surface area contributed by atoms with Crippen LogP contribution in [0.4, 0.5) is 0 Å². The van der Waals surface area contributed by atoms with Gasteiger partial charge in [0.05, 0.1) is 6.10 Å². The molecule has 0 aromatic heterocycles. The fraction of sp³-hybridized carbons (Fsp3) is 0.562. The van der Waals surface area contributed by atoms with Crippen molar-refractivity contribution in [1.29, 1.82) is 0 Å². The van der Waals surface area contributed by atoms with Crippen molar-refractivity contribution < 1.29 is 9.90 Å². The molecule has 96 valence electrons. The molecule has 1 N–H and O–H groups in total. The molecule has 0 amide bonds. The van der Waals surface area contributed by atoms with Crippen LogP contribution in [0.3, 0.4) is 0 Å². The van der Waals surface area contributed by atoms with E-state index in [0.717, 1.165) is 37.7 Å². The van der Waals surface area contributed by atoms with Crippen molar-refractivity contribution in [3.05, 3.63) is 34.9 Å². The second-order valence-corrected chi connectivity index (χ2v) is 5.71. The Bertz CT molecular complexity index is 456. The van der Waals surface area contributed by atoms with Crippen LogP contribution in [0.15, 0.2) is 18.2 Å². The Morgan fingerprint density at radius 2 is 1.78 bits per heavy atom. The van der Waals surface area contributed by atoms with Crippen LogP contribution in [-0.2, 0) is 12.8 Å². The predicted octanol–water partition coefficient (Wildman–Crippen LogP) is 2.91. The Morgan fingerprint density at radius 3 is 2.56 bits per heavy atom. The quantitative estimate of drug-likeness (QED) is 0.812. The Labute approximate surface area is 108 Å². The summed E-state index contributed by atoms with van der Waals surface area (Å²) in [5.41, 5.74) is 3.68. The summed E-state index contributed by atoms with van der Waals surface area (Å²) < 4.78 is 0. The number of aryl methyl sites for hydroxylation is 2. The highest BCUT2D eigenvalue weighted by Crippen LogP contribution is 2.29. The number of aliphatic hydroxyl groups is 1. The lowest BCUT2D eigenvalue weighted by Gasteiger charge is -2.24. The lowest BCUT2D eigenvalue weighted by Crippen LogP contribution is -2.24. The molecule has 0 unspecified atom stereocenters. The molecule has 18 heavy (non-hydrogen) atoms. The van der Waals surface area contributed by atoms with Crippen LogP contribution >= 0.6 is 0 Å². The summed E-state index contributed by atoms with van der Waals surface area (Å²) in [6, 6.07) is 6.24. The maximum Gasteiger partial charge on any atom is 0.165 e. The van der Waals surface area contributed by atoms with Crippen molar-refractivity contribution in [3.8, 4) is 0 Å². The van der Waals surface area contributed by atoms with Crippen molar-refractivity contribution >= 4 is 5.78 Å². The minimum atomic E-state index is -0.186. The minimum Gasteiger partial charge on any atom is -0.393 e. The molecule has 0 spiro atoms. The van der Waals surface area contributed by atoms with Crippen LogP contribution in [-0.4, -0.2) is 17.0 Å². The number of carbonyl (C=O) groups is 1. The molecule has 1 saturated carbocycles. The summed E-state index contributed by atoms with van der Waals surface area (Å²) >= 11 is 0. The fourth-order valence-corrected chi connectivity index (χ4v) is 3.30. The maximum absolute atomic E-state index is 12.4. The number of hydrogen-bond acceptors (Lipinski definition) is 2. The van der Waals surface area contributed by atoms with E-state index in [9.17, 15) is 9.90 Å². The third-order valence-electron chi connectivity index (χ3n) is 4.45. The van der Waals surface area contributed by atoms with Crippen molar-refractivity contribution in [2.45, 2.75) is 51.0 Å². The van der Waals surface area contributed by atoms with Crippen LogP contribution in [0.5, 0.6) is 0 Å². The summed E-state index contributed by atoms with van der Waals surface area (Å²) in [6.45, 7) is 0. The maximum atomic E-state index is 12.4. The first-order valence-electron chi connectivity index (χ1n) is 7.08. The summed E-state index contributed by atoms with van der Waals surface area (Å²) in [5.74, 6) is 0.421. The van der Waals surface area contributed by atoms with Crippen molar-refractivity contribution in [1.82, 2.24) is 0 Å². The standard InChI is InChI=1S/C16H20O2/c17-15-8-6-12(7-9-15)16(18)14-5-4-11-2-1-3-13(11)10-14/h4-5,10,12,15,17H,1-3,6-9H2. The van der Waals surface area contributed by atoms with Crippen LogP contribution in [0.2, 0.25) is 0 Å². The molecule has 1 aromatic rings. The van der Waals surface area contributed by atoms with Crippen LogP contribution in [0, 0.1) is 5.92 Å². The van der Waals surface area contributed by atoms with Gasteiger partial charge in [0, 0.05) is 11.5 Å². The highest BCUT2D eigenvalue weighted by molar-refractivity contribution is 5.98. The number of Topliss-reactive ketones (excluding diaryl/α,β-unsaturated/α-hetero) is 1. The third-order valence-corrected chi connectivity index (χ3v) is 4.45. The van der Waals surface area contributed by atoms with E-state index in [4.69, 9.17) is 0 Å². The van der Waals surface area contributed by atoms with Gasteiger partial charge in [0.1, 0.15) is 0 Å². The molecule has 1 aromatic carbocycles. The molecule has 2 aliphatic rings. The molecule has 2 heteroatoms. The van der Waals surface area contributed by atoms with Crippen molar-refractivity contribution in [3.63, 3.8) is 0 Å². The van der Waals surface area contributed by atoms with E-state index >= 15 is 0 Å². The first-order valence-corrected chi connectivity index (χ1v) is 7.08. The topological polar surface area (TPSA) is 37.3 Å². The smallest absolute Gasteiger partial charge is 0.165 e. The number of rotatable bonds is 2. The minimum absolute atomic E-state index is 0.132. The van der Waals surface area contributed by atoms with Gasteiger partial charge in [-0.05, 0) is 62.1 Å². The Morgan fingerprint density at radius 1 is 1.06 bits per heavy atom. The molecule has 2 aliphatic carbocycles. The third kappa shape index (κ3) is 2.22. The van der Waals surface area contributed by atoms with Gasteiger partial charge in [-0.2, -0.15) is 0 Å². The molecular weight excluding hydrogens is 224 g/mol. The van der Waals surface area contributed by atoms with Gasteiger partial charge in [0.15, 0.2) is 5.78 Å². The van der Waals surface area contributed by atoms with Crippen molar-refractivity contribution in [2.24, 2.45) is 5.92 Å². The second kappa shape index (κ2) is 4.85. The molecule has 0 aliphatic heterocycles. The number of ketones is 1. The van der Waals surface area contributed by atoms with E-state index in [-0.39, 0.29) is 17.8 Å². The highest BCUT2D eigenvalue weighted by Gasteiger charge is 2.26. The largest absolute Gasteiger partial charge is 0.393 e. The summed E-state index contributed by atoms with van der Waals surface area (Å²) in [5, 5.41) is 9.49. The number of benzene rings is 1. The molecule has 0 atom stereocenters. The lowest BCUT2D eigenvalue weighted by atomic mass is 9.82. The Balaban J connectivity index is 1.76. The van der Waals surface area contributed by atoms with E-state index in [1.807, 2.05) is 6.07 Å². The Hall–Kier alpha value is -1.15. The zero-order valence-corrected chi connectivity index (χ0v) is 10.7. The van der Waals surface area contributed by atoms with Gasteiger partial charge in [-0.3, -0.25) is 4.79 Å². The number of carbonyl (C=O) groups excluding carboxylic acids is 1. The second-order valence-electron chi connectivity index (χ2n) is 5.71. The van der Waals surface area contributed by atoms with E-state index in [1.54, 1.807) is 0 Å². The van der Waals surface area contributed by atoms with Crippen LogP contribution in [0.1, 0.15) is 53.6 Å². The van der Waals surface area contributed by atoms with Gasteiger partial charge in [-0.1, -0.05) is 12.1 Å². The molecule has 1 fully saturated rings. The summed E-state index contributed by atoms with van der Waals surface area (Å²) in [7, 11) is 0. The van der Waals surface area contributed by atoms with Gasteiger partial charge in [0.25, 0.3) is 0 Å². The monoisotopic (exact) mass is 244 g/mol. The molecular formula is C16H20O2. The molecule has 0 bridgehead atoms. The van der Waals surface area contributed by atoms with Gasteiger partial charge >= 0.3 is 0 Å². The summed E-state index contributed by atoms with van der Waals surface area (Å²) in [4.78, 5) is 12.4. The van der Waals surface area contributed by atoms with Gasteiger partial charge in [-0.25, -0.2) is 0 Å². The number of hydrogen-bond donors (Lipinski definition) is 1. The van der Waals surface area contributed by atoms with E-state index in [1.165, 1.54) is 24.0 Å². The fourth-order valence-electron chi connectivity index (χ4n) is 3.30. The molecule has 2 nitrogen and oxygen atoms in total. The van der Waals surface area contributed by atoms with E-state index < -0.39 is 0 Å². The number of aliphatic hydroxyl groups excluding tert-OH is 1. The molecule has 3 rings (SSSR count). The van der Waals surface area contributed by atoms with E-state index in [0.29, 0.717) is 0 Å². The van der Waals surface area contributed by atoms with E-state index in [2.05, 4.69) is 12.1 Å². The van der Waals surface area contributed by atoms with Crippen LogP contribution in [0.25, 0.3) is 0 Å². The van der Waals surface area contributed by atoms with Gasteiger partial charge in [0.2, 0.25) is 0 Å². The molecule has 0 saturated heterocycles. The number of fused-ring (bicyclic) bond motifs is 1. The van der Waals surface area contributed by atoms with Gasteiger partial charge in [-0.15, -0.1) is 0 Å². The van der Waals surface area contributed by atoms with Crippen molar-refractivity contribution in [2.75, 3.05) is 0 Å². The van der Waals surface area contributed by atoms with Gasteiger partial charge < -0.3 is 5.11 Å². The zero-order valence-electron chi connectivity index (χ0n) is 10.7. The summed E-state index contributed by atoms with van der Waals surface area (Å²) in [6.07, 6.45) is 6.58. The molecule has 0 heterocycles. The highest BCUT2D eigenvalue weighted by atomic mass is 16.3. The molecule has 0 radical (unpaired) electrons. The first-order chi connectivity index (χ1) is 8.74. The first kappa shape index (κ1) is 11.9. The lowest BCUT2D eigenvalue weighted by molar-refractivity contribution is 0.0764. The Kier molecular flexibility index (Phi) is 3.21. The normalized spacial score (nSPS) is 26.9. The SMILES string of the molecule is O=C(c1ccc2c(c1)CCC2)C1CCC(O)CC1. The zero-order chi connectivity index (χ0) is 12.5. The average Bonchev–Trinajstić information content (AvgIpc) is 2.86. The predicted molar refractivity (Wildman–Crippen MR) is 70.8 cm³/mol.